The summed E-state index contributed by atoms with van der Waals surface area (Å²) in [6, 6.07) is 12.7. The molecule has 0 atom stereocenters. The number of hydrogen-bond donors (Lipinski definition) is 1. The van der Waals surface area contributed by atoms with Crippen LogP contribution in [0.3, 0.4) is 0 Å². The van der Waals surface area contributed by atoms with Crippen LogP contribution in [-0.2, 0) is 16.1 Å². The lowest BCUT2D eigenvalue weighted by atomic mass is 10.1. The molecular weight excluding hydrogens is 358 g/mol. The molecule has 0 radical (unpaired) electrons. The number of fused-ring (bicyclic) bond motifs is 1. The van der Waals surface area contributed by atoms with Gasteiger partial charge in [-0.15, -0.1) is 5.10 Å². The molecule has 0 spiro atoms. The third-order valence-corrected chi connectivity index (χ3v) is 4.79. The standard InChI is InChI=1S/C20H21N5O3/c26-18(14-23-10-3-2-9-19(23)27)21-16-7-5-6-15(12-16)13-25-20(28)24-11-4-1-8-17(24)22-25/h1,4-8,11-12H,2-3,9-10,13-14H2,(H,21,26). The van der Waals surface area contributed by atoms with E-state index in [1.807, 2.05) is 24.3 Å². The largest absolute Gasteiger partial charge is 0.350 e. The lowest BCUT2D eigenvalue weighted by molar-refractivity contribution is -0.136. The van der Waals surface area contributed by atoms with Crippen LogP contribution in [-0.4, -0.2) is 44.0 Å². The van der Waals surface area contributed by atoms with Gasteiger partial charge in [0.05, 0.1) is 13.1 Å². The fraction of sp³-hybridized carbons (Fsp3) is 0.300. The predicted molar refractivity (Wildman–Crippen MR) is 104 cm³/mol. The van der Waals surface area contributed by atoms with E-state index in [2.05, 4.69) is 10.4 Å². The quantitative estimate of drug-likeness (QED) is 0.728. The number of anilines is 1. The van der Waals surface area contributed by atoms with E-state index in [1.54, 1.807) is 29.3 Å². The highest BCUT2D eigenvalue weighted by Crippen LogP contribution is 2.13. The van der Waals surface area contributed by atoms with Crippen LogP contribution in [0.15, 0.2) is 53.5 Å². The van der Waals surface area contributed by atoms with E-state index in [9.17, 15) is 14.4 Å². The summed E-state index contributed by atoms with van der Waals surface area (Å²) >= 11 is 0. The molecule has 8 heteroatoms. The summed E-state index contributed by atoms with van der Waals surface area (Å²) in [7, 11) is 0. The van der Waals surface area contributed by atoms with Crippen molar-refractivity contribution in [3.05, 3.63) is 64.7 Å². The van der Waals surface area contributed by atoms with Crippen LogP contribution in [0.4, 0.5) is 5.69 Å². The molecule has 0 aliphatic carbocycles. The van der Waals surface area contributed by atoms with Crippen molar-refractivity contribution < 1.29 is 9.59 Å². The fourth-order valence-electron chi connectivity index (χ4n) is 3.39. The van der Waals surface area contributed by atoms with Crippen LogP contribution in [0.25, 0.3) is 5.65 Å². The number of rotatable bonds is 5. The van der Waals surface area contributed by atoms with Gasteiger partial charge in [0.25, 0.3) is 0 Å². The Balaban J connectivity index is 1.45. The normalized spacial score (nSPS) is 14.4. The second kappa shape index (κ2) is 7.67. The molecule has 0 unspecified atom stereocenters. The molecule has 2 aromatic heterocycles. The van der Waals surface area contributed by atoms with Crippen LogP contribution in [0, 0.1) is 0 Å². The lowest BCUT2D eigenvalue weighted by Crippen LogP contribution is -2.40. The van der Waals surface area contributed by atoms with E-state index in [1.165, 1.54) is 9.08 Å². The summed E-state index contributed by atoms with van der Waals surface area (Å²) in [5.41, 5.74) is 1.85. The number of nitrogens with zero attached hydrogens (tertiary/aromatic N) is 4. The Kier molecular flexibility index (Phi) is 4.92. The minimum Gasteiger partial charge on any atom is -0.333 e. The number of carbonyl (C=O) groups excluding carboxylic acids is 2. The Labute approximate surface area is 161 Å². The van der Waals surface area contributed by atoms with Crippen molar-refractivity contribution in [3.8, 4) is 0 Å². The zero-order chi connectivity index (χ0) is 19.5. The minimum absolute atomic E-state index is 0.0291. The number of benzene rings is 1. The average Bonchev–Trinajstić information content (AvgIpc) is 3.00. The Morgan fingerprint density at radius 3 is 2.82 bits per heavy atom. The highest BCUT2D eigenvalue weighted by Gasteiger charge is 2.20. The van der Waals surface area contributed by atoms with Crippen molar-refractivity contribution in [3.63, 3.8) is 0 Å². The Hall–Kier alpha value is -3.42. The molecule has 0 bridgehead atoms. The molecule has 1 saturated heterocycles. The number of carbonyl (C=O) groups is 2. The molecule has 2 amide bonds. The molecule has 1 aliphatic heterocycles. The Morgan fingerprint density at radius 2 is 2.00 bits per heavy atom. The number of piperidine rings is 1. The number of nitrogens with one attached hydrogen (secondary N) is 1. The second-order valence-electron chi connectivity index (χ2n) is 6.89. The molecule has 1 N–H and O–H groups in total. The maximum absolute atomic E-state index is 12.4. The number of hydrogen-bond acceptors (Lipinski definition) is 4. The van der Waals surface area contributed by atoms with Gasteiger partial charge in [-0.25, -0.2) is 9.48 Å². The monoisotopic (exact) mass is 379 g/mol. The maximum atomic E-state index is 12.4. The summed E-state index contributed by atoms with van der Waals surface area (Å²) in [6.45, 7) is 0.993. The first-order chi connectivity index (χ1) is 13.6. The third-order valence-electron chi connectivity index (χ3n) is 4.79. The van der Waals surface area contributed by atoms with Crippen LogP contribution >= 0.6 is 0 Å². The number of pyridine rings is 1. The van der Waals surface area contributed by atoms with Crippen molar-refractivity contribution in [1.82, 2.24) is 19.1 Å². The molecule has 144 valence electrons. The topological polar surface area (TPSA) is 88.7 Å². The molecule has 3 heterocycles. The van der Waals surface area contributed by atoms with Crippen molar-refractivity contribution in [1.29, 1.82) is 0 Å². The van der Waals surface area contributed by atoms with Crippen LogP contribution < -0.4 is 11.0 Å². The Bertz CT molecular complexity index is 1080. The fourth-order valence-corrected chi connectivity index (χ4v) is 3.39. The van der Waals surface area contributed by atoms with Crippen molar-refractivity contribution >= 4 is 23.1 Å². The smallest absolute Gasteiger partial charge is 0.333 e. The van der Waals surface area contributed by atoms with Gasteiger partial charge in [0.2, 0.25) is 11.8 Å². The number of likely N-dealkylation sites (tertiary alicyclic amines) is 1. The first-order valence-electron chi connectivity index (χ1n) is 9.31. The van der Waals surface area contributed by atoms with Crippen molar-refractivity contribution in [2.24, 2.45) is 0 Å². The molecule has 3 aromatic rings. The Morgan fingerprint density at radius 1 is 1.11 bits per heavy atom. The predicted octanol–water partition coefficient (Wildman–Crippen LogP) is 1.50. The van der Waals surface area contributed by atoms with Gasteiger partial charge in [-0.1, -0.05) is 18.2 Å². The van der Waals surface area contributed by atoms with Gasteiger partial charge >= 0.3 is 5.69 Å². The van der Waals surface area contributed by atoms with Gasteiger partial charge in [0.1, 0.15) is 0 Å². The van der Waals surface area contributed by atoms with E-state index in [4.69, 9.17) is 0 Å². The van der Waals surface area contributed by atoms with E-state index in [-0.39, 0.29) is 24.0 Å². The van der Waals surface area contributed by atoms with Gasteiger partial charge < -0.3 is 10.2 Å². The molecule has 28 heavy (non-hydrogen) atoms. The highest BCUT2D eigenvalue weighted by atomic mass is 16.2. The molecule has 4 rings (SSSR count). The maximum Gasteiger partial charge on any atom is 0.350 e. The molecule has 0 saturated carbocycles. The van der Waals surface area contributed by atoms with Gasteiger partial charge in [-0.3, -0.25) is 14.0 Å². The van der Waals surface area contributed by atoms with Crippen molar-refractivity contribution in [2.75, 3.05) is 18.4 Å². The third kappa shape index (κ3) is 3.80. The van der Waals surface area contributed by atoms with E-state index >= 15 is 0 Å². The number of amides is 2. The van der Waals surface area contributed by atoms with Gasteiger partial charge in [0.15, 0.2) is 5.65 Å². The zero-order valence-electron chi connectivity index (χ0n) is 15.4. The van der Waals surface area contributed by atoms with Crippen molar-refractivity contribution in [2.45, 2.75) is 25.8 Å². The summed E-state index contributed by atoms with van der Waals surface area (Å²) in [5, 5.41) is 7.15. The first-order valence-corrected chi connectivity index (χ1v) is 9.31. The summed E-state index contributed by atoms with van der Waals surface area (Å²) < 4.78 is 2.88. The van der Waals surface area contributed by atoms with Gasteiger partial charge in [-0.2, -0.15) is 0 Å². The molecule has 1 fully saturated rings. The summed E-state index contributed by atoms with van der Waals surface area (Å²) in [4.78, 5) is 38.1. The SMILES string of the molecule is O=C(CN1CCCCC1=O)Nc1cccc(Cn2nc3ccccn3c2=O)c1. The minimum atomic E-state index is -0.225. The van der Waals surface area contributed by atoms with Gasteiger partial charge in [-0.05, 0) is 42.7 Å². The van der Waals surface area contributed by atoms with Crippen LogP contribution in [0.2, 0.25) is 0 Å². The zero-order valence-corrected chi connectivity index (χ0v) is 15.4. The first kappa shape index (κ1) is 18.0. The van der Waals surface area contributed by atoms with Crippen LogP contribution in [0.5, 0.6) is 0 Å². The lowest BCUT2D eigenvalue weighted by Gasteiger charge is -2.26. The van der Waals surface area contributed by atoms with Crippen LogP contribution in [0.1, 0.15) is 24.8 Å². The molecule has 1 aliphatic rings. The molecule has 1 aromatic carbocycles. The summed E-state index contributed by atoms with van der Waals surface area (Å²) in [5.74, 6) is -0.196. The van der Waals surface area contributed by atoms with E-state index < -0.39 is 0 Å². The molecular formula is C20H21N5O3. The van der Waals surface area contributed by atoms with E-state index in [0.717, 1.165) is 18.4 Å². The molecule has 8 nitrogen and oxygen atoms in total. The second-order valence-corrected chi connectivity index (χ2v) is 6.89. The summed E-state index contributed by atoms with van der Waals surface area (Å²) in [6.07, 6.45) is 4.01. The van der Waals surface area contributed by atoms with E-state index in [0.29, 0.717) is 30.8 Å². The highest BCUT2D eigenvalue weighted by molar-refractivity contribution is 5.94. The average molecular weight is 379 g/mol. The number of aromatic nitrogens is 3. The van der Waals surface area contributed by atoms with Gasteiger partial charge in [0, 0.05) is 24.8 Å².